The highest BCUT2D eigenvalue weighted by Gasteiger charge is 2.31. The van der Waals surface area contributed by atoms with E-state index in [2.05, 4.69) is 10.1 Å². The number of ether oxygens (including phenoxy) is 2. The van der Waals surface area contributed by atoms with Gasteiger partial charge in [-0.05, 0) is 44.5 Å². The number of fused-ring (bicyclic) bond motifs is 1. The van der Waals surface area contributed by atoms with Crippen LogP contribution in [0.1, 0.15) is 48.8 Å². The van der Waals surface area contributed by atoms with Gasteiger partial charge in [0.15, 0.2) is 17.3 Å². The van der Waals surface area contributed by atoms with Crippen molar-refractivity contribution in [1.29, 1.82) is 0 Å². The normalized spacial score (nSPS) is 15.5. The van der Waals surface area contributed by atoms with Crippen molar-refractivity contribution < 1.29 is 9.47 Å². The molecule has 0 bridgehead atoms. The highest BCUT2D eigenvalue weighted by atomic mass is 35.5. The molecule has 0 spiro atoms. The maximum Gasteiger partial charge on any atom is 0.271 e. The smallest absolute Gasteiger partial charge is 0.271 e. The summed E-state index contributed by atoms with van der Waals surface area (Å²) in [6, 6.07) is 13.4. The molecule has 8 heteroatoms. The number of hydrogen-bond donors (Lipinski definition) is 1. The van der Waals surface area contributed by atoms with Crippen molar-refractivity contribution >= 4 is 34.2 Å². The Hall–Kier alpha value is -2.64. The Bertz CT molecular complexity index is 1200. The molecular weight excluding hydrogens is 434 g/mol. The number of nitrogens with one attached hydrogen (secondary N) is 1. The predicted molar refractivity (Wildman–Crippen MR) is 126 cm³/mol. The van der Waals surface area contributed by atoms with Crippen LogP contribution in [0.2, 0.25) is 5.02 Å². The molecule has 1 aromatic heterocycles. The molecule has 2 heterocycles. The average molecular weight is 458 g/mol. The number of aromatic amines is 1. The van der Waals surface area contributed by atoms with Gasteiger partial charge < -0.3 is 9.47 Å². The van der Waals surface area contributed by atoms with Gasteiger partial charge >= 0.3 is 0 Å². The zero-order chi connectivity index (χ0) is 22.1. The molecule has 3 aromatic rings. The summed E-state index contributed by atoms with van der Waals surface area (Å²) in [4.78, 5) is 17.4. The van der Waals surface area contributed by atoms with Crippen LogP contribution in [0.5, 0.6) is 11.5 Å². The SMILES string of the molecule is COc1cc([C@H]2SC(C)=Nc3c2c(=O)[nH]n3C(C)C)ccc1OCc1ccccc1Cl. The molecule has 0 saturated carbocycles. The minimum absolute atomic E-state index is 0.104. The highest BCUT2D eigenvalue weighted by molar-refractivity contribution is 8.14. The number of methoxy groups -OCH3 is 1. The number of benzene rings is 2. The van der Waals surface area contributed by atoms with Gasteiger partial charge in [0.05, 0.1) is 23.0 Å². The number of hydrogen-bond acceptors (Lipinski definition) is 5. The maximum atomic E-state index is 12.8. The average Bonchev–Trinajstić information content (AvgIpc) is 3.09. The summed E-state index contributed by atoms with van der Waals surface area (Å²) < 4.78 is 13.4. The van der Waals surface area contributed by atoms with Crippen LogP contribution in [0.3, 0.4) is 0 Å². The van der Waals surface area contributed by atoms with E-state index in [0.717, 1.165) is 16.2 Å². The van der Waals surface area contributed by atoms with E-state index in [0.29, 0.717) is 34.5 Å². The lowest BCUT2D eigenvalue weighted by atomic mass is 10.1. The van der Waals surface area contributed by atoms with Crippen molar-refractivity contribution in [3.8, 4) is 11.5 Å². The molecule has 0 saturated heterocycles. The van der Waals surface area contributed by atoms with Gasteiger partial charge in [0.2, 0.25) is 0 Å². The third-order valence-corrected chi connectivity index (χ3v) is 6.64. The standard InChI is InChI=1S/C23H24ClN3O3S/c1-13(2)27-22-20(23(28)26-27)21(31-14(3)25-22)15-9-10-18(19(11-15)29-4)30-12-16-7-5-6-8-17(16)24/h5-11,13,21H,12H2,1-4H3,(H,26,28)/t21-/m1/s1. The number of halogens is 1. The van der Waals surface area contributed by atoms with E-state index >= 15 is 0 Å². The van der Waals surface area contributed by atoms with Gasteiger partial charge in [-0.1, -0.05) is 47.6 Å². The number of aromatic nitrogens is 2. The van der Waals surface area contributed by atoms with E-state index in [1.54, 1.807) is 18.9 Å². The number of H-pyrrole nitrogens is 1. The first-order valence-electron chi connectivity index (χ1n) is 9.99. The lowest BCUT2D eigenvalue weighted by Gasteiger charge is -2.22. The molecule has 1 atom stereocenters. The van der Waals surface area contributed by atoms with Gasteiger partial charge in [-0.2, -0.15) is 0 Å². The van der Waals surface area contributed by atoms with E-state index in [1.807, 2.05) is 67.9 Å². The van der Waals surface area contributed by atoms with Crippen LogP contribution < -0.4 is 15.0 Å². The van der Waals surface area contributed by atoms with Crippen LogP contribution in [-0.2, 0) is 6.61 Å². The Labute approximate surface area is 190 Å². The molecule has 2 aromatic carbocycles. The Morgan fingerprint density at radius 2 is 2.00 bits per heavy atom. The quantitative estimate of drug-likeness (QED) is 0.501. The van der Waals surface area contributed by atoms with Crippen molar-refractivity contribution in [2.45, 2.75) is 38.7 Å². The Balaban J connectivity index is 1.67. The minimum atomic E-state index is -0.178. The molecule has 1 N–H and O–H groups in total. The second kappa shape index (κ2) is 8.85. The lowest BCUT2D eigenvalue weighted by molar-refractivity contribution is 0.284. The zero-order valence-electron chi connectivity index (χ0n) is 17.8. The fourth-order valence-electron chi connectivity index (χ4n) is 3.56. The van der Waals surface area contributed by atoms with Crippen LogP contribution in [-0.4, -0.2) is 21.9 Å². The van der Waals surface area contributed by atoms with E-state index in [-0.39, 0.29) is 16.9 Å². The second-order valence-corrected chi connectivity index (χ2v) is 9.27. The molecule has 6 nitrogen and oxygen atoms in total. The summed E-state index contributed by atoms with van der Waals surface area (Å²) in [5, 5.41) is 4.32. The largest absolute Gasteiger partial charge is 0.493 e. The molecule has 31 heavy (non-hydrogen) atoms. The van der Waals surface area contributed by atoms with Crippen molar-refractivity contribution in [1.82, 2.24) is 9.78 Å². The summed E-state index contributed by atoms with van der Waals surface area (Å²) in [7, 11) is 1.61. The molecular formula is C23H24ClN3O3S. The molecule has 0 fully saturated rings. The molecule has 1 aliphatic heterocycles. The van der Waals surface area contributed by atoms with Crippen LogP contribution >= 0.6 is 23.4 Å². The van der Waals surface area contributed by atoms with Crippen molar-refractivity contribution in [2.75, 3.05) is 7.11 Å². The van der Waals surface area contributed by atoms with Crippen molar-refractivity contribution in [2.24, 2.45) is 4.99 Å². The fraction of sp³-hybridized carbons (Fsp3) is 0.304. The molecule has 162 valence electrons. The molecule has 0 radical (unpaired) electrons. The first kappa shape index (κ1) is 21.6. The summed E-state index contributed by atoms with van der Waals surface area (Å²) in [5.74, 6) is 1.91. The Morgan fingerprint density at radius 3 is 2.71 bits per heavy atom. The second-order valence-electron chi connectivity index (χ2n) is 7.56. The molecule has 0 unspecified atom stereocenters. The predicted octanol–water partition coefficient (Wildman–Crippen LogP) is 5.88. The van der Waals surface area contributed by atoms with E-state index < -0.39 is 0 Å². The third kappa shape index (κ3) is 4.25. The van der Waals surface area contributed by atoms with Crippen LogP contribution in [0, 0.1) is 0 Å². The first-order valence-corrected chi connectivity index (χ1v) is 11.2. The van der Waals surface area contributed by atoms with Gasteiger partial charge in [0.25, 0.3) is 5.56 Å². The fourth-order valence-corrected chi connectivity index (χ4v) is 4.84. The van der Waals surface area contributed by atoms with Crippen LogP contribution in [0.15, 0.2) is 52.3 Å². The number of nitrogens with zero attached hydrogens (tertiary/aromatic N) is 2. The summed E-state index contributed by atoms with van der Waals surface area (Å²) in [6.45, 7) is 6.33. The van der Waals surface area contributed by atoms with Gasteiger partial charge in [0, 0.05) is 16.6 Å². The minimum Gasteiger partial charge on any atom is -0.493 e. The monoisotopic (exact) mass is 457 g/mol. The van der Waals surface area contributed by atoms with E-state index in [1.165, 1.54) is 0 Å². The summed E-state index contributed by atoms with van der Waals surface area (Å²) in [5.41, 5.74) is 2.40. The molecule has 1 aliphatic rings. The van der Waals surface area contributed by atoms with Gasteiger partial charge in [-0.25, -0.2) is 4.99 Å². The van der Waals surface area contributed by atoms with Gasteiger partial charge in [-0.3, -0.25) is 14.6 Å². The topological polar surface area (TPSA) is 68.6 Å². The van der Waals surface area contributed by atoms with Crippen LogP contribution in [0.25, 0.3) is 0 Å². The summed E-state index contributed by atoms with van der Waals surface area (Å²) in [6.07, 6.45) is 0. The molecule has 4 rings (SSSR count). The van der Waals surface area contributed by atoms with Crippen LogP contribution in [0.4, 0.5) is 5.82 Å². The highest BCUT2D eigenvalue weighted by Crippen LogP contribution is 2.45. The summed E-state index contributed by atoms with van der Waals surface area (Å²) >= 11 is 7.79. The molecule has 0 aliphatic carbocycles. The molecule has 0 amide bonds. The maximum absolute atomic E-state index is 12.8. The number of aliphatic imine (C=N–C) groups is 1. The Morgan fingerprint density at radius 1 is 1.23 bits per heavy atom. The van der Waals surface area contributed by atoms with Gasteiger partial charge in [-0.15, -0.1) is 0 Å². The lowest BCUT2D eigenvalue weighted by Crippen LogP contribution is -2.13. The Kier molecular flexibility index (Phi) is 6.16. The first-order chi connectivity index (χ1) is 14.9. The third-order valence-electron chi connectivity index (χ3n) is 5.10. The van der Waals surface area contributed by atoms with Gasteiger partial charge in [0.1, 0.15) is 6.61 Å². The van der Waals surface area contributed by atoms with E-state index in [4.69, 9.17) is 21.1 Å². The van der Waals surface area contributed by atoms with Crippen molar-refractivity contribution in [3.05, 3.63) is 74.5 Å². The number of rotatable bonds is 6. The van der Waals surface area contributed by atoms with Crippen molar-refractivity contribution in [3.63, 3.8) is 0 Å². The number of thioether (sulfide) groups is 1. The van der Waals surface area contributed by atoms with E-state index in [9.17, 15) is 4.79 Å². The zero-order valence-corrected chi connectivity index (χ0v) is 19.4.